The number of carbonyl (C=O) groups is 2. The fourth-order valence-corrected chi connectivity index (χ4v) is 6.60. The van der Waals surface area contributed by atoms with Crippen molar-refractivity contribution in [1.29, 1.82) is 0 Å². The minimum atomic E-state index is -0.491. The van der Waals surface area contributed by atoms with Crippen molar-refractivity contribution in [1.82, 2.24) is 29.8 Å². The summed E-state index contributed by atoms with van der Waals surface area (Å²) in [4.78, 5) is 35.4. The molecule has 12 heteroatoms. The monoisotopic (exact) mass is 651 g/mol. The summed E-state index contributed by atoms with van der Waals surface area (Å²) >= 11 is 0. The molecular weight excluding hydrogens is 616 g/mol. The highest BCUT2D eigenvalue weighted by Gasteiger charge is 2.28. The van der Waals surface area contributed by atoms with Gasteiger partial charge in [0.2, 0.25) is 5.91 Å². The number of para-hydroxylation sites is 2. The van der Waals surface area contributed by atoms with Crippen LogP contribution in [-0.4, -0.2) is 88.0 Å². The zero-order chi connectivity index (χ0) is 33.2. The van der Waals surface area contributed by atoms with E-state index in [1.807, 2.05) is 35.2 Å². The molecule has 0 spiro atoms. The Morgan fingerprint density at radius 3 is 2.48 bits per heavy atom. The Kier molecular flexibility index (Phi) is 8.62. The number of nitrogens with zero attached hydrogens (tertiary/aromatic N) is 6. The molecule has 7 rings (SSSR count). The number of aryl methyl sites for hydroxylation is 1. The Morgan fingerprint density at radius 1 is 0.917 bits per heavy atom. The molecule has 1 saturated heterocycles. The number of H-pyrrole nitrogens is 1. The number of benzene rings is 3. The topological polar surface area (TPSA) is 99.6 Å². The summed E-state index contributed by atoms with van der Waals surface area (Å²) in [5.41, 5.74) is 3.48. The molecule has 0 unspecified atom stereocenters. The third kappa shape index (κ3) is 6.01. The largest absolute Gasteiger partial charge is 0.496 e. The first-order valence-corrected chi connectivity index (χ1v) is 16.0. The second kappa shape index (κ2) is 13.3. The molecule has 48 heavy (non-hydrogen) atoms. The predicted molar refractivity (Wildman–Crippen MR) is 179 cm³/mol. The van der Waals surface area contributed by atoms with Crippen LogP contribution in [0, 0.1) is 11.6 Å². The minimum absolute atomic E-state index is 0.0506. The van der Waals surface area contributed by atoms with Crippen molar-refractivity contribution in [2.45, 2.75) is 19.4 Å². The molecule has 0 radical (unpaired) electrons. The number of aromatic amines is 1. The smallest absolute Gasteiger partial charge is 0.270 e. The van der Waals surface area contributed by atoms with E-state index in [9.17, 15) is 14.0 Å². The van der Waals surface area contributed by atoms with Gasteiger partial charge in [0.1, 0.15) is 17.3 Å². The van der Waals surface area contributed by atoms with Crippen LogP contribution in [0.15, 0.2) is 79.1 Å². The van der Waals surface area contributed by atoms with Crippen molar-refractivity contribution in [3.63, 3.8) is 0 Å². The lowest BCUT2D eigenvalue weighted by Crippen LogP contribution is -2.49. The van der Waals surface area contributed by atoms with Gasteiger partial charge in [0, 0.05) is 68.4 Å². The van der Waals surface area contributed by atoms with Gasteiger partial charge in [-0.15, -0.1) is 5.10 Å². The number of methoxy groups -OCH3 is 1. The normalized spacial score (nSPS) is 15.1. The Hall–Kier alpha value is -5.52. The predicted octanol–water partition coefficient (Wildman–Crippen LogP) is 5.38. The van der Waals surface area contributed by atoms with Crippen LogP contribution in [-0.2, 0) is 11.3 Å². The van der Waals surface area contributed by atoms with Crippen molar-refractivity contribution < 1.29 is 23.1 Å². The van der Waals surface area contributed by atoms with E-state index in [0.717, 1.165) is 5.56 Å². The van der Waals surface area contributed by atoms with Crippen molar-refractivity contribution in [3.05, 3.63) is 102 Å². The average molecular weight is 652 g/mol. The van der Waals surface area contributed by atoms with Crippen LogP contribution in [0.25, 0.3) is 27.6 Å². The van der Waals surface area contributed by atoms with E-state index < -0.39 is 5.82 Å². The van der Waals surface area contributed by atoms with Gasteiger partial charge in [0.15, 0.2) is 5.82 Å². The number of aromatic nitrogens is 4. The van der Waals surface area contributed by atoms with Crippen molar-refractivity contribution in [2.24, 2.45) is 0 Å². The highest BCUT2D eigenvalue weighted by atomic mass is 19.1. The lowest BCUT2D eigenvalue weighted by Gasteiger charge is -2.36. The van der Waals surface area contributed by atoms with Gasteiger partial charge < -0.3 is 24.4 Å². The first-order valence-electron chi connectivity index (χ1n) is 16.0. The Labute approximate surface area is 276 Å². The van der Waals surface area contributed by atoms with Crippen LogP contribution >= 0.6 is 0 Å². The van der Waals surface area contributed by atoms with Gasteiger partial charge in [0.05, 0.1) is 31.1 Å². The van der Waals surface area contributed by atoms with E-state index in [1.54, 1.807) is 64.3 Å². The van der Waals surface area contributed by atoms with Crippen molar-refractivity contribution >= 4 is 34.0 Å². The van der Waals surface area contributed by atoms with Crippen LogP contribution in [0.3, 0.4) is 0 Å². The summed E-state index contributed by atoms with van der Waals surface area (Å²) in [7, 11) is 1.58. The maximum atomic E-state index is 16.6. The van der Waals surface area contributed by atoms with Gasteiger partial charge >= 0.3 is 0 Å². The summed E-state index contributed by atoms with van der Waals surface area (Å²) < 4.78 is 38.3. The van der Waals surface area contributed by atoms with Crippen LogP contribution in [0.1, 0.15) is 28.9 Å². The number of nitrogens with one attached hydrogen (secondary N) is 1. The third-order valence-corrected chi connectivity index (χ3v) is 9.12. The number of hydrogen-bond acceptors (Lipinski definition) is 6. The van der Waals surface area contributed by atoms with Gasteiger partial charge in [-0.05, 0) is 47.9 Å². The van der Waals surface area contributed by atoms with E-state index in [2.05, 4.69) is 15.3 Å². The molecule has 1 fully saturated rings. The zero-order valence-electron chi connectivity index (χ0n) is 26.5. The molecule has 0 saturated carbocycles. The molecule has 246 valence electrons. The number of halogens is 2. The Bertz CT molecular complexity index is 2000. The molecule has 0 aliphatic carbocycles. The lowest BCUT2D eigenvalue weighted by molar-refractivity contribution is -0.131. The lowest BCUT2D eigenvalue weighted by atomic mass is 9.93. The van der Waals surface area contributed by atoms with Gasteiger partial charge in [-0.1, -0.05) is 41.6 Å². The van der Waals surface area contributed by atoms with Gasteiger partial charge in [-0.25, -0.2) is 8.78 Å². The van der Waals surface area contributed by atoms with Gasteiger partial charge in [-0.3, -0.25) is 14.3 Å². The summed E-state index contributed by atoms with van der Waals surface area (Å²) in [6.07, 6.45) is 6.08. The third-order valence-electron chi connectivity index (χ3n) is 9.12. The molecule has 1 N–H and O–H groups in total. The second-order valence-corrected chi connectivity index (χ2v) is 11.9. The maximum Gasteiger partial charge on any atom is 0.270 e. The summed E-state index contributed by atoms with van der Waals surface area (Å²) in [6.45, 7) is 2.92. The molecule has 10 nitrogen and oxygen atoms in total. The summed E-state index contributed by atoms with van der Waals surface area (Å²) in [5.74, 6) is -0.486. The van der Waals surface area contributed by atoms with Crippen LogP contribution in [0.5, 0.6) is 5.75 Å². The van der Waals surface area contributed by atoms with Crippen LogP contribution < -0.4 is 9.64 Å². The minimum Gasteiger partial charge on any atom is -0.496 e. The molecule has 2 amide bonds. The number of amides is 2. The van der Waals surface area contributed by atoms with Crippen molar-refractivity contribution in [3.8, 4) is 16.9 Å². The SMILES string of the molecule is COc1ccccc1-c1cc(C2=CCCN(C(=O)CCn3ccnn3)C2)c(F)c2[nH]c(C(=O)N3CCN(c4ccccc4F)CC3)cc12. The number of fused-ring (bicyclic) bond motifs is 1. The highest BCUT2D eigenvalue weighted by molar-refractivity contribution is 6.05. The van der Waals surface area contributed by atoms with Gasteiger partial charge in [0.25, 0.3) is 5.91 Å². The molecule has 4 heterocycles. The zero-order valence-corrected chi connectivity index (χ0v) is 26.5. The number of rotatable bonds is 8. The Balaban J connectivity index is 1.20. The van der Waals surface area contributed by atoms with Crippen LogP contribution in [0.4, 0.5) is 14.5 Å². The number of anilines is 1. The fraction of sp³-hybridized carbons (Fsp3) is 0.278. The first kappa shape index (κ1) is 31.1. The van der Waals surface area contributed by atoms with Crippen molar-refractivity contribution in [2.75, 3.05) is 51.3 Å². The van der Waals surface area contributed by atoms with E-state index >= 15 is 4.39 Å². The summed E-state index contributed by atoms with van der Waals surface area (Å²) in [6, 6.07) is 17.6. The van der Waals surface area contributed by atoms with Gasteiger partial charge in [-0.2, -0.15) is 0 Å². The molecule has 2 aliphatic heterocycles. The molecule has 3 aromatic carbocycles. The quantitative estimate of drug-likeness (QED) is 0.242. The Morgan fingerprint density at radius 2 is 1.71 bits per heavy atom. The molecular formula is C36H35F2N7O3. The molecule has 2 aliphatic rings. The fourth-order valence-electron chi connectivity index (χ4n) is 6.60. The van der Waals surface area contributed by atoms with E-state index in [4.69, 9.17) is 4.74 Å². The highest BCUT2D eigenvalue weighted by Crippen LogP contribution is 2.40. The number of piperazine rings is 1. The second-order valence-electron chi connectivity index (χ2n) is 11.9. The number of ether oxygens (including phenoxy) is 1. The maximum absolute atomic E-state index is 16.6. The summed E-state index contributed by atoms with van der Waals surface area (Å²) in [5, 5.41) is 8.27. The van der Waals surface area contributed by atoms with E-state index in [0.29, 0.717) is 79.2 Å². The average Bonchev–Trinajstić information content (AvgIpc) is 3.82. The van der Waals surface area contributed by atoms with E-state index in [-0.39, 0.29) is 41.8 Å². The standard InChI is InChI=1S/C36H35F2N7O3/c1-48-32-11-5-2-8-25(32)27-21-26(24-7-6-14-44(23-24)33(46)12-15-45-16-13-39-41-45)34(38)35-28(27)22-30(40-35)36(47)43-19-17-42(18-20-43)31-10-4-3-9-29(31)37/h2-5,7-11,13,16,21-22,40H,6,12,14-15,17-20,23H2,1H3. The number of hydrogen-bond donors (Lipinski definition) is 1. The molecule has 0 bridgehead atoms. The first-order chi connectivity index (χ1) is 23.4. The van der Waals surface area contributed by atoms with E-state index in [1.165, 1.54) is 6.07 Å². The number of carbonyl (C=O) groups excluding carboxylic acids is 2. The molecule has 5 aromatic rings. The molecule has 0 atom stereocenters. The van der Waals surface area contributed by atoms with Crippen LogP contribution in [0.2, 0.25) is 0 Å². The molecule has 2 aromatic heterocycles.